The molecule has 0 bridgehead atoms. The number of hydrogen-bond donors (Lipinski definition) is 3. The summed E-state index contributed by atoms with van der Waals surface area (Å²) in [4.78, 5) is 17.5. The summed E-state index contributed by atoms with van der Waals surface area (Å²) in [7, 11) is 3.45. The lowest BCUT2D eigenvalue weighted by Crippen LogP contribution is -2.40. The van der Waals surface area contributed by atoms with Gasteiger partial charge in [-0.2, -0.15) is 0 Å². The number of rotatable bonds is 23. The van der Waals surface area contributed by atoms with E-state index in [0.29, 0.717) is 24.2 Å². The molecule has 7 nitrogen and oxygen atoms in total. The Balaban J connectivity index is 0. The number of unbranched alkanes of at least 4 members (excludes halogenated alkanes) is 10. The van der Waals surface area contributed by atoms with Crippen LogP contribution in [-0.2, 0) is 14.0 Å². The first kappa shape index (κ1) is 38.6. The molecule has 222 valence electrons. The number of aliphatic hydroxyl groups is 1. The van der Waals surface area contributed by atoms with Crippen molar-refractivity contribution in [1.29, 1.82) is 0 Å². The maximum atomic E-state index is 10.7. The van der Waals surface area contributed by atoms with Crippen molar-refractivity contribution in [3.8, 4) is 0 Å². The van der Waals surface area contributed by atoms with Gasteiger partial charge in [-0.05, 0) is 64.7 Å². The molecule has 0 saturated heterocycles. The highest BCUT2D eigenvalue weighted by Crippen LogP contribution is 2.41. The predicted molar refractivity (Wildman–Crippen MR) is 157 cm³/mol. The van der Waals surface area contributed by atoms with Gasteiger partial charge >= 0.3 is 7.60 Å². The molecule has 2 atom stereocenters. The monoisotopic (exact) mass is 550 g/mol. The zero-order valence-electron chi connectivity index (χ0n) is 24.9. The second-order valence-electron chi connectivity index (χ2n) is 11.0. The van der Waals surface area contributed by atoms with Gasteiger partial charge in [0.1, 0.15) is 11.8 Å². The molecular weight excluding hydrogens is 489 g/mol. The molecule has 1 unspecified atom stereocenters. The van der Waals surface area contributed by atoms with E-state index >= 15 is 0 Å². The van der Waals surface area contributed by atoms with Crippen LogP contribution in [-0.4, -0.2) is 85.8 Å². The molecule has 0 rings (SSSR count). The van der Waals surface area contributed by atoms with Crippen LogP contribution in [0.4, 0.5) is 0 Å². The van der Waals surface area contributed by atoms with E-state index in [4.69, 9.17) is 19.3 Å². The van der Waals surface area contributed by atoms with Crippen LogP contribution in [0.2, 0.25) is 0 Å². The van der Waals surface area contributed by atoms with Crippen molar-refractivity contribution in [2.75, 3.05) is 54.6 Å². The van der Waals surface area contributed by atoms with Gasteiger partial charge in [0.25, 0.3) is 0 Å². The molecule has 0 aliphatic heterocycles. The van der Waals surface area contributed by atoms with E-state index in [0.717, 1.165) is 13.0 Å². The highest BCUT2D eigenvalue weighted by Gasteiger charge is 2.28. The van der Waals surface area contributed by atoms with E-state index in [-0.39, 0.29) is 0 Å². The maximum absolute atomic E-state index is 10.7. The first-order chi connectivity index (χ1) is 17.4. The number of ether oxygens (including phenoxy) is 2. The number of nitrogens with zero attached hydrogens (tertiary/aromatic N) is 1. The van der Waals surface area contributed by atoms with Crippen molar-refractivity contribution < 1.29 is 33.4 Å². The van der Waals surface area contributed by atoms with Gasteiger partial charge in [-0.25, -0.2) is 0 Å². The Morgan fingerprint density at radius 3 is 1.62 bits per heavy atom. The first-order valence-corrected chi connectivity index (χ1v) is 16.0. The number of quaternary nitrogens is 1. The molecule has 8 heteroatoms. The zero-order chi connectivity index (χ0) is 28.4. The molecule has 0 radical (unpaired) electrons. The fraction of sp³-hybridized carbons (Fsp3) is 0.862. The number of aliphatic hydroxyl groups excluding tert-OH is 1. The average Bonchev–Trinajstić information content (AvgIpc) is 2.79. The molecule has 0 aromatic carbocycles. The minimum Gasteiger partial charge on any atom is -0.388 e. The lowest BCUT2D eigenvalue weighted by Gasteiger charge is -2.27. The molecule has 0 aliphatic rings. The van der Waals surface area contributed by atoms with Crippen LogP contribution in [0, 0.1) is 0 Å². The summed E-state index contributed by atoms with van der Waals surface area (Å²) in [6, 6.07) is 0. The molecule has 0 spiro atoms. The van der Waals surface area contributed by atoms with Crippen LogP contribution >= 0.6 is 7.60 Å². The molecule has 0 aliphatic carbocycles. The van der Waals surface area contributed by atoms with Gasteiger partial charge in [-0.15, -0.1) is 0 Å². The topological polar surface area (TPSA) is 96.2 Å². The van der Waals surface area contributed by atoms with Crippen molar-refractivity contribution in [1.82, 2.24) is 0 Å². The van der Waals surface area contributed by atoms with E-state index in [2.05, 4.69) is 31.2 Å². The maximum Gasteiger partial charge on any atom is 0.333 e. The average molecular weight is 551 g/mol. The van der Waals surface area contributed by atoms with Crippen LogP contribution in [0.5, 0.6) is 0 Å². The van der Waals surface area contributed by atoms with Gasteiger partial charge < -0.3 is 28.9 Å². The Bertz CT molecular complexity index is 585. The molecule has 3 N–H and O–H groups in total. The van der Waals surface area contributed by atoms with Crippen molar-refractivity contribution in [2.45, 2.75) is 109 Å². The minimum atomic E-state index is -3.87. The summed E-state index contributed by atoms with van der Waals surface area (Å²) in [5, 5.41) is 9.43. The second-order valence-corrected chi connectivity index (χ2v) is 13.1. The van der Waals surface area contributed by atoms with Gasteiger partial charge in [0.05, 0.1) is 40.9 Å². The quantitative estimate of drug-likeness (QED) is 0.0584. The van der Waals surface area contributed by atoms with Gasteiger partial charge in [0.2, 0.25) is 0 Å². The van der Waals surface area contributed by atoms with Crippen LogP contribution in [0.15, 0.2) is 24.3 Å². The smallest absolute Gasteiger partial charge is 0.333 e. The van der Waals surface area contributed by atoms with Crippen molar-refractivity contribution in [2.24, 2.45) is 0 Å². The largest absolute Gasteiger partial charge is 0.388 e. The predicted octanol–water partition coefficient (Wildman–Crippen LogP) is 6.47. The molecule has 0 amide bonds. The molecule has 0 heterocycles. The zero-order valence-corrected chi connectivity index (χ0v) is 25.8. The number of methoxy groups -OCH3 is 1. The molecule has 0 saturated carbocycles. The third-order valence-electron chi connectivity index (χ3n) is 5.76. The lowest BCUT2D eigenvalue weighted by molar-refractivity contribution is -0.869. The summed E-state index contributed by atoms with van der Waals surface area (Å²) in [6.45, 7) is 5.78. The van der Waals surface area contributed by atoms with E-state index in [9.17, 15) is 9.67 Å². The minimum absolute atomic E-state index is 0.347. The highest BCUT2D eigenvalue weighted by molar-refractivity contribution is 7.52. The fourth-order valence-electron chi connectivity index (χ4n) is 3.69. The van der Waals surface area contributed by atoms with Crippen molar-refractivity contribution in [3.63, 3.8) is 0 Å². The van der Waals surface area contributed by atoms with Crippen LogP contribution in [0.25, 0.3) is 0 Å². The summed E-state index contributed by atoms with van der Waals surface area (Å²) in [6.07, 6.45) is 25.3. The standard InChI is InChI=1S/C23H44O3.C6H16NO3P/c1-3-4-5-6-7-8-9-10-11-12-13-14-15-16-17-18-19-20-26-22-23(24)21-25-2;1-6(11(8,9)10)5-7(2,3)4/h8-9,14-15,23-24H,3-7,10-13,16-22H2,1-2H3;6H,5H2,1-4H3,(H-,8,9,10)/p+1/b9-8-,15-14-;/t23-;/m0./s1. The second kappa shape index (κ2) is 25.7. The van der Waals surface area contributed by atoms with Crippen LogP contribution in [0.3, 0.4) is 0 Å². The Kier molecular flexibility index (Phi) is 26.9. The van der Waals surface area contributed by atoms with E-state index in [1.807, 2.05) is 21.1 Å². The van der Waals surface area contributed by atoms with Crippen LogP contribution < -0.4 is 0 Å². The summed E-state index contributed by atoms with van der Waals surface area (Å²) in [5.74, 6) is 0. The normalized spacial score (nSPS) is 14.2. The molecule has 37 heavy (non-hydrogen) atoms. The van der Waals surface area contributed by atoms with E-state index in [1.165, 1.54) is 77.0 Å². The molecular formula is C29H61NO6P+. The Hall–Kier alpha value is -0.530. The Morgan fingerprint density at radius 1 is 0.784 bits per heavy atom. The number of allylic oxidation sites excluding steroid dienone is 4. The van der Waals surface area contributed by atoms with Crippen LogP contribution in [0.1, 0.15) is 97.3 Å². The SMILES string of the molecule is CC(C[N+](C)(C)C)P(=O)(O)O.CCCCCC/C=C\CCCC/C=C\CCCCCOC[C@@H](O)COC. The third-order valence-corrected chi connectivity index (χ3v) is 7.08. The fourth-order valence-corrected chi connectivity index (χ4v) is 4.39. The Labute approximate surface area is 229 Å². The van der Waals surface area contributed by atoms with Gasteiger partial charge in [-0.1, -0.05) is 56.9 Å². The summed E-state index contributed by atoms with van der Waals surface area (Å²) >= 11 is 0. The first-order valence-electron chi connectivity index (χ1n) is 14.3. The molecule has 0 aromatic rings. The number of hydrogen-bond acceptors (Lipinski definition) is 4. The van der Waals surface area contributed by atoms with Gasteiger partial charge in [0.15, 0.2) is 0 Å². The lowest BCUT2D eigenvalue weighted by atomic mass is 10.1. The van der Waals surface area contributed by atoms with Gasteiger partial charge in [0, 0.05) is 13.7 Å². The molecule has 0 fully saturated rings. The third kappa shape index (κ3) is 33.4. The van der Waals surface area contributed by atoms with Crippen molar-refractivity contribution >= 4 is 7.60 Å². The highest BCUT2D eigenvalue weighted by atomic mass is 31.2. The summed E-state index contributed by atoms with van der Waals surface area (Å²) in [5.41, 5.74) is -0.553. The summed E-state index contributed by atoms with van der Waals surface area (Å²) < 4.78 is 21.5. The van der Waals surface area contributed by atoms with Gasteiger partial charge in [-0.3, -0.25) is 4.57 Å². The van der Waals surface area contributed by atoms with E-state index < -0.39 is 19.4 Å². The Morgan fingerprint density at radius 2 is 1.24 bits per heavy atom. The molecule has 0 aromatic heterocycles. The van der Waals surface area contributed by atoms with E-state index in [1.54, 1.807) is 14.0 Å². The van der Waals surface area contributed by atoms with Crippen molar-refractivity contribution in [3.05, 3.63) is 24.3 Å².